The number of nitrogen functional groups attached to an aromatic ring is 1. The summed E-state index contributed by atoms with van der Waals surface area (Å²) in [4.78, 5) is 21.6. The van der Waals surface area contributed by atoms with E-state index in [1.165, 1.54) is 11.3 Å². The molecule has 3 rings (SSSR count). The third kappa shape index (κ3) is 4.69. The Kier molecular flexibility index (Phi) is 5.53. The van der Waals surface area contributed by atoms with Gasteiger partial charge in [0.15, 0.2) is 5.13 Å². The zero-order chi connectivity index (χ0) is 17.8. The fourth-order valence-corrected chi connectivity index (χ4v) is 3.97. The average Bonchev–Trinajstić information content (AvgIpc) is 2.88. The van der Waals surface area contributed by atoms with Gasteiger partial charge in [-0.2, -0.15) is 0 Å². The highest BCUT2D eigenvalue weighted by molar-refractivity contribution is 7.15. The number of ether oxygens (including phenoxy) is 1. The molecule has 0 bridgehead atoms. The maximum atomic E-state index is 12.2. The minimum Gasteiger partial charge on any atom is -0.489 e. The first kappa shape index (κ1) is 17.7. The third-order valence-corrected chi connectivity index (χ3v) is 5.51. The Morgan fingerprint density at radius 3 is 2.72 bits per heavy atom. The van der Waals surface area contributed by atoms with Crippen LogP contribution in [0, 0.1) is 13.8 Å². The molecular weight excluding hydrogens is 336 g/mol. The molecule has 0 radical (unpaired) electrons. The number of aromatic nitrogens is 2. The van der Waals surface area contributed by atoms with Crippen molar-refractivity contribution in [1.82, 2.24) is 15.3 Å². The Balaban J connectivity index is 1.45. The van der Waals surface area contributed by atoms with Crippen LogP contribution in [0.3, 0.4) is 0 Å². The number of hydrogen-bond acceptors (Lipinski definition) is 6. The Labute approximate surface area is 151 Å². The predicted octanol–water partition coefficient (Wildman–Crippen LogP) is 2.79. The predicted molar refractivity (Wildman–Crippen MR) is 98.8 cm³/mol. The van der Waals surface area contributed by atoms with Crippen molar-refractivity contribution in [3.05, 3.63) is 34.6 Å². The molecule has 2 aromatic heterocycles. The zero-order valence-electron chi connectivity index (χ0n) is 14.6. The van der Waals surface area contributed by atoms with E-state index in [-0.39, 0.29) is 18.1 Å². The molecule has 0 saturated heterocycles. The molecule has 2 aromatic rings. The van der Waals surface area contributed by atoms with Gasteiger partial charge in [0.25, 0.3) is 0 Å². The number of thiazole rings is 1. The van der Waals surface area contributed by atoms with Crippen LogP contribution in [0.15, 0.2) is 18.3 Å². The fraction of sp³-hybridized carbons (Fsp3) is 0.500. The van der Waals surface area contributed by atoms with Gasteiger partial charge in [-0.15, -0.1) is 11.3 Å². The number of rotatable bonds is 5. The van der Waals surface area contributed by atoms with Crippen LogP contribution in [0.4, 0.5) is 5.13 Å². The van der Waals surface area contributed by atoms with Crippen LogP contribution in [0.1, 0.15) is 41.9 Å². The summed E-state index contributed by atoms with van der Waals surface area (Å²) in [5.41, 5.74) is 7.45. The Bertz CT molecular complexity index is 738. The zero-order valence-corrected chi connectivity index (χ0v) is 15.4. The number of carbonyl (C=O) groups excluding carboxylic acids is 1. The van der Waals surface area contributed by atoms with E-state index in [2.05, 4.69) is 15.3 Å². The second-order valence-electron chi connectivity index (χ2n) is 6.48. The van der Waals surface area contributed by atoms with Crippen LogP contribution in [-0.2, 0) is 11.2 Å². The second kappa shape index (κ2) is 7.82. The first-order chi connectivity index (χ1) is 12.0. The minimum absolute atomic E-state index is 0.0409. The van der Waals surface area contributed by atoms with Crippen molar-refractivity contribution in [1.29, 1.82) is 0 Å². The van der Waals surface area contributed by atoms with Crippen LogP contribution < -0.4 is 15.8 Å². The van der Waals surface area contributed by atoms with E-state index in [4.69, 9.17) is 10.5 Å². The maximum Gasteiger partial charge on any atom is 0.225 e. The van der Waals surface area contributed by atoms with Crippen molar-refractivity contribution in [2.45, 2.75) is 58.1 Å². The van der Waals surface area contributed by atoms with E-state index in [0.717, 1.165) is 47.7 Å². The van der Waals surface area contributed by atoms with Gasteiger partial charge in [0.1, 0.15) is 5.75 Å². The lowest BCUT2D eigenvalue weighted by Gasteiger charge is -2.29. The molecule has 1 fully saturated rings. The monoisotopic (exact) mass is 360 g/mol. The first-order valence-electron chi connectivity index (χ1n) is 8.60. The number of nitrogens with two attached hydrogens (primary N) is 1. The highest BCUT2D eigenvalue weighted by atomic mass is 32.1. The summed E-state index contributed by atoms with van der Waals surface area (Å²) in [6.07, 6.45) is 6.05. The van der Waals surface area contributed by atoms with Gasteiger partial charge in [-0.1, -0.05) is 0 Å². The molecule has 1 aliphatic carbocycles. The molecule has 0 atom stereocenters. The summed E-state index contributed by atoms with van der Waals surface area (Å²) in [6.45, 7) is 3.84. The standard InChI is InChI=1S/C18H24N4O2S/c1-11-15(4-3-9-20-11)24-14-7-5-13(6-8-14)22-17(23)10-16-12(2)21-18(19)25-16/h3-4,9,13-14H,5-8,10H2,1-2H3,(H2,19,21)(H,22,23). The molecule has 3 N–H and O–H groups in total. The number of amides is 1. The molecular formula is C18H24N4O2S. The highest BCUT2D eigenvalue weighted by Crippen LogP contribution is 2.25. The van der Waals surface area contributed by atoms with E-state index < -0.39 is 0 Å². The van der Waals surface area contributed by atoms with Gasteiger partial charge in [0.2, 0.25) is 5.91 Å². The van der Waals surface area contributed by atoms with Gasteiger partial charge < -0.3 is 15.8 Å². The topological polar surface area (TPSA) is 90.1 Å². The van der Waals surface area contributed by atoms with Crippen molar-refractivity contribution in [3.63, 3.8) is 0 Å². The van der Waals surface area contributed by atoms with Gasteiger partial charge in [-0.25, -0.2) is 4.98 Å². The molecule has 7 heteroatoms. The maximum absolute atomic E-state index is 12.2. The summed E-state index contributed by atoms with van der Waals surface area (Å²) in [6, 6.07) is 4.06. The summed E-state index contributed by atoms with van der Waals surface area (Å²) in [7, 11) is 0. The molecule has 0 aromatic carbocycles. The molecule has 25 heavy (non-hydrogen) atoms. The average molecular weight is 360 g/mol. The first-order valence-corrected chi connectivity index (χ1v) is 9.42. The van der Waals surface area contributed by atoms with Gasteiger partial charge in [0.05, 0.1) is 23.9 Å². The van der Waals surface area contributed by atoms with Crippen molar-refractivity contribution in [2.75, 3.05) is 5.73 Å². The second-order valence-corrected chi connectivity index (χ2v) is 7.60. The molecule has 2 heterocycles. The highest BCUT2D eigenvalue weighted by Gasteiger charge is 2.24. The van der Waals surface area contributed by atoms with Gasteiger partial charge in [0, 0.05) is 17.1 Å². The normalized spacial score (nSPS) is 20.2. The van der Waals surface area contributed by atoms with Crippen LogP contribution in [0.25, 0.3) is 0 Å². The number of hydrogen-bond donors (Lipinski definition) is 2. The summed E-state index contributed by atoms with van der Waals surface area (Å²) in [5, 5.41) is 3.65. The van der Waals surface area contributed by atoms with Crippen LogP contribution in [-0.4, -0.2) is 28.0 Å². The number of pyridine rings is 1. The molecule has 0 spiro atoms. The molecule has 6 nitrogen and oxygen atoms in total. The number of nitrogens with zero attached hydrogens (tertiary/aromatic N) is 2. The van der Waals surface area contributed by atoms with Crippen LogP contribution >= 0.6 is 11.3 Å². The lowest BCUT2D eigenvalue weighted by atomic mass is 9.92. The van der Waals surface area contributed by atoms with E-state index in [1.54, 1.807) is 6.20 Å². The lowest BCUT2D eigenvalue weighted by molar-refractivity contribution is -0.121. The minimum atomic E-state index is 0.0409. The lowest BCUT2D eigenvalue weighted by Crippen LogP contribution is -2.40. The molecule has 0 unspecified atom stereocenters. The summed E-state index contributed by atoms with van der Waals surface area (Å²) >= 11 is 1.39. The summed E-state index contributed by atoms with van der Waals surface area (Å²) in [5.74, 6) is 0.896. The Hall–Kier alpha value is -2.15. The Morgan fingerprint density at radius 1 is 1.32 bits per heavy atom. The molecule has 0 aliphatic heterocycles. The van der Waals surface area contributed by atoms with E-state index in [9.17, 15) is 4.79 Å². The number of carbonyl (C=O) groups is 1. The van der Waals surface area contributed by atoms with E-state index >= 15 is 0 Å². The SMILES string of the molecule is Cc1ncccc1OC1CCC(NC(=O)Cc2sc(N)nc2C)CC1. The molecule has 1 aliphatic rings. The largest absolute Gasteiger partial charge is 0.489 e. The van der Waals surface area contributed by atoms with E-state index in [1.807, 2.05) is 26.0 Å². The number of nitrogens with one attached hydrogen (secondary N) is 1. The van der Waals surface area contributed by atoms with Crippen molar-refractivity contribution < 1.29 is 9.53 Å². The molecule has 1 saturated carbocycles. The van der Waals surface area contributed by atoms with Crippen molar-refractivity contribution in [2.24, 2.45) is 0 Å². The van der Waals surface area contributed by atoms with Crippen molar-refractivity contribution >= 4 is 22.4 Å². The van der Waals surface area contributed by atoms with Crippen LogP contribution in [0.2, 0.25) is 0 Å². The molecule has 134 valence electrons. The van der Waals surface area contributed by atoms with Crippen LogP contribution in [0.5, 0.6) is 5.75 Å². The Morgan fingerprint density at radius 2 is 2.08 bits per heavy atom. The summed E-state index contributed by atoms with van der Waals surface area (Å²) < 4.78 is 6.06. The van der Waals surface area contributed by atoms with E-state index in [0.29, 0.717) is 11.6 Å². The third-order valence-electron chi connectivity index (χ3n) is 4.52. The molecule has 1 amide bonds. The number of aryl methyl sites for hydroxylation is 2. The van der Waals surface area contributed by atoms with Crippen molar-refractivity contribution in [3.8, 4) is 5.75 Å². The number of anilines is 1. The smallest absolute Gasteiger partial charge is 0.225 e. The fourth-order valence-electron chi connectivity index (χ4n) is 3.14. The van der Waals surface area contributed by atoms with Gasteiger partial charge >= 0.3 is 0 Å². The van der Waals surface area contributed by atoms with Gasteiger partial charge in [-0.05, 0) is 51.7 Å². The quantitative estimate of drug-likeness (QED) is 0.856. The van der Waals surface area contributed by atoms with Gasteiger partial charge in [-0.3, -0.25) is 9.78 Å².